The Labute approximate surface area is 451 Å². The zero-order valence-corrected chi connectivity index (χ0v) is 43.8. The predicted octanol–water partition coefficient (Wildman–Crippen LogP) is 13.0. The molecule has 0 saturated heterocycles. The third-order valence-corrected chi connectivity index (χ3v) is 13.1. The molecule has 5 aromatic rings. The van der Waals surface area contributed by atoms with E-state index in [0.717, 1.165) is 113 Å². The number of nitriles is 8. The van der Waals surface area contributed by atoms with Crippen LogP contribution in [0.15, 0.2) is 121 Å². The molecule has 5 rings (SSSR count). The van der Waals surface area contributed by atoms with Crippen LogP contribution in [0.5, 0.6) is 0 Å². The Hall–Kier alpha value is -9.02. The lowest BCUT2D eigenvalue weighted by Crippen LogP contribution is -2.96. The summed E-state index contributed by atoms with van der Waals surface area (Å²) < 4.78 is 0. The predicted molar refractivity (Wildman–Crippen MR) is 302 cm³/mol. The second-order valence-electron chi connectivity index (χ2n) is 18.4. The number of unbranched alkanes of at least 4 members (excludes halogenated alkanes) is 8. The fraction of sp³-hybridized carbons (Fsp3) is 0.387. The lowest BCUT2D eigenvalue weighted by molar-refractivity contribution is -0.681. The molecule has 0 atom stereocenters. The highest BCUT2D eigenvalue weighted by Gasteiger charge is 2.23. The minimum atomic E-state index is 0.455. The minimum absolute atomic E-state index is 0.455. The Balaban J connectivity index is 1.59. The van der Waals surface area contributed by atoms with Crippen molar-refractivity contribution in [3.05, 3.63) is 121 Å². The molecule has 0 aliphatic rings. The van der Waals surface area contributed by atoms with E-state index in [-0.39, 0.29) is 0 Å². The first kappa shape index (κ1) is 57.9. The Morgan fingerprint density at radius 1 is 0.237 bits per heavy atom. The molecule has 0 aliphatic carbocycles. The number of benzene rings is 5. The highest BCUT2D eigenvalue weighted by molar-refractivity contribution is 5.79. The van der Waals surface area contributed by atoms with Crippen LogP contribution >= 0.6 is 0 Å². The van der Waals surface area contributed by atoms with Crippen LogP contribution < -0.4 is 29.4 Å². The maximum absolute atomic E-state index is 9.29. The minimum Gasteiger partial charge on any atom is -0.371 e. The third-order valence-electron chi connectivity index (χ3n) is 13.1. The molecule has 0 saturated carbocycles. The number of rotatable bonds is 34. The third kappa shape index (κ3) is 18.2. The van der Waals surface area contributed by atoms with E-state index in [4.69, 9.17) is 0 Å². The van der Waals surface area contributed by atoms with E-state index in [1.807, 2.05) is 0 Å². The molecule has 76 heavy (non-hydrogen) atoms. The summed E-state index contributed by atoms with van der Waals surface area (Å²) in [7, 11) is 0. The topological polar surface area (TPSA) is 211 Å². The van der Waals surface area contributed by atoms with Gasteiger partial charge in [0.1, 0.15) is 17.1 Å². The van der Waals surface area contributed by atoms with Gasteiger partial charge in [0.15, 0.2) is 0 Å². The van der Waals surface area contributed by atoms with Crippen molar-refractivity contribution >= 4 is 56.9 Å². The summed E-state index contributed by atoms with van der Waals surface area (Å²) in [4.78, 5) is 12.3. The van der Waals surface area contributed by atoms with Crippen molar-refractivity contribution in [3.8, 4) is 48.6 Å². The van der Waals surface area contributed by atoms with Crippen LogP contribution in [0.2, 0.25) is 0 Å². The smallest absolute Gasteiger partial charge is 0.141 e. The first-order valence-electron chi connectivity index (χ1n) is 26.6. The molecule has 0 spiro atoms. The Bertz CT molecular complexity index is 2390. The van der Waals surface area contributed by atoms with Gasteiger partial charge >= 0.3 is 0 Å². The molecule has 386 valence electrons. The van der Waals surface area contributed by atoms with E-state index in [0.29, 0.717) is 104 Å². The summed E-state index contributed by atoms with van der Waals surface area (Å²) in [5.41, 5.74) is 9.96. The lowest BCUT2D eigenvalue weighted by Gasteiger charge is -2.29. The van der Waals surface area contributed by atoms with Crippen molar-refractivity contribution < 1.29 is 4.90 Å². The van der Waals surface area contributed by atoms with Gasteiger partial charge in [0.25, 0.3) is 0 Å². The van der Waals surface area contributed by atoms with Crippen molar-refractivity contribution in [1.82, 2.24) is 0 Å². The molecule has 0 amide bonds. The normalized spacial score (nSPS) is 10.3. The molecule has 0 heterocycles. The largest absolute Gasteiger partial charge is 0.371 e. The van der Waals surface area contributed by atoms with E-state index in [9.17, 15) is 42.1 Å². The molecule has 14 heteroatoms. The summed E-state index contributed by atoms with van der Waals surface area (Å²) in [6.07, 6.45) is 9.47. The fourth-order valence-corrected chi connectivity index (χ4v) is 9.30. The average molecular weight is 1010 g/mol. The first-order chi connectivity index (χ1) is 37.4. The van der Waals surface area contributed by atoms with Crippen molar-refractivity contribution in [3.63, 3.8) is 0 Å². The molecule has 0 bridgehead atoms. The van der Waals surface area contributed by atoms with Gasteiger partial charge in [-0.25, -0.2) is 4.90 Å². The zero-order valence-electron chi connectivity index (χ0n) is 43.8. The van der Waals surface area contributed by atoms with Gasteiger partial charge in [-0.1, -0.05) is 0 Å². The van der Waals surface area contributed by atoms with Crippen LogP contribution in [0.3, 0.4) is 0 Å². The quantitative estimate of drug-likeness (QED) is 0.0381. The molecule has 5 aromatic carbocycles. The van der Waals surface area contributed by atoms with Crippen LogP contribution in [0.25, 0.3) is 0 Å². The molecule has 0 aromatic heterocycles. The van der Waals surface area contributed by atoms with Gasteiger partial charge in [-0.05, 0) is 136 Å². The maximum atomic E-state index is 9.29. The van der Waals surface area contributed by atoms with Gasteiger partial charge < -0.3 is 24.5 Å². The zero-order chi connectivity index (χ0) is 54.0. The van der Waals surface area contributed by atoms with E-state index in [1.165, 1.54) is 0 Å². The van der Waals surface area contributed by atoms with Gasteiger partial charge in [0.05, 0.1) is 48.6 Å². The molecule has 0 fully saturated rings. The number of quaternary nitrogens is 1. The van der Waals surface area contributed by atoms with Crippen LogP contribution in [-0.2, 0) is 0 Å². The number of anilines is 7. The maximum Gasteiger partial charge on any atom is 0.141 e. The monoisotopic (exact) mass is 1010 g/mol. The Morgan fingerprint density at radius 2 is 0.395 bits per heavy atom. The van der Waals surface area contributed by atoms with Gasteiger partial charge in [-0.3, -0.25) is 0 Å². The highest BCUT2D eigenvalue weighted by atomic mass is 15.2. The fourth-order valence-electron chi connectivity index (χ4n) is 9.30. The standard InChI is InChI=1S/C62H68N14/c63-37-1-9-45-71(46-10-2-38-64)53-17-25-57(26-18-53)75(58-27-19-54(20-28-58)72(47-11-3-39-65)48-12-4-40-66)61-33-35-62(36-34-61)76(59-29-21-55(22-30-59)73(49-13-5-41-67)50-14-6-42-68)60-31-23-56(24-32-60)74(51-15-7-43-69)52-16-8-44-70/h17-36H,1-16,45-52H2/p+1. The average Bonchev–Trinajstić information content (AvgIpc) is 3.46. The van der Waals surface area contributed by atoms with E-state index >= 15 is 0 Å². The summed E-state index contributed by atoms with van der Waals surface area (Å²) >= 11 is 0. The SMILES string of the molecule is N#CCCCN(CCCC#N)c1ccc(N(c2ccc(N(CCCC#N)CCCC#N)cc2)c2ccc([NH+](c3ccc(N(CCCC#N)CCCC#N)cc3)c3ccc(N(CCCC#N)CCCC#N)cc3)cc2)cc1. The second-order valence-corrected chi connectivity index (χ2v) is 18.4. The molecule has 0 aliphatic heterocycles. The van der Waals surface area contributed by atoms with E-state index < -0.39 is 0 Å². The number of hydrogen-bond acceptors (Lipinski definition) is 13. The van der Waals surface area contributed by atoms with Gasteiger partial charge in [-0.15, -0.1) is 0 Å². The molecular formula is C62H69N14+. The van der Waals surface area contributed by atoms with Crippen LogP contribution in [0.1, 0.15) is 103 Å². The van der Waals surface area contributed by atoms with Gasteiger partial charge in [0, 0.05) is 180 Å². The first-order valence-corrected chi connectivity index (χ1v) is 26.6. The second kappa shape index (κ2) is 33.7. The summed E-state index contributed by atoms with van der Waals surface area (Å²) in [5.74, 6) is 0. The molecule has 1 N–H and O–H groups in total. The molecule has 0 radical (unpaired) electrons. The van der Waals surface area contributed by atoms with Crippen molar-refractivity contribution in [1.29, 1.82) is 42.1 Å². The van der Waals surface area contributed by atoms with E-state index in [2.05, 4.69) is 194 Å². The Kier molecular flexibility index (Phi) is 25.6. The number of nitrogens with one attached hydrogen (secondary N) is 1. The number of hydrogen-bond donors (Lipinski definition) is 1. The van der Waals surface area contributed by atoms with Crippen molar-refractivity contribution in [2.24, 2.45) is 0 Å². The summed E-state index contributed by atoms with van der Waals surface area (Å²) in [6.45, 7) is 5.69. The summed E-state index contributed by atoms with van der Waals surface area (Å²) in [6, 6.07) is 60.7. The van der Waals surface area contributed by atoms with Gasteiger partial charge in [0.2, 0.25) is 0 Å². The van der Waals surface area contributed by atoms with Crippen LogP contribution in [0, 0.1) is 90.6 Å². The van der Waals surface area contributed by atoms with Crippen molar-refractivity contribution in [2.45, 2.75) is 103 Å². The van der Waals surface area contributed by atoms with Crippen LogP contribution in [0.4, 0.5) is 56.9 Å². The van der Waals surface area contributed by atoms with Crippen LogP contribution in [-0.4, -0.2) is 52.4 Å². The Morgan fingerprint density at radius 3 is 0.579 bits per heavy atom. The molecule has 0 unspecified atom stereocenters. The molecular weight excluding hydrogens is 941 g/mol. The number of nitrogens with zero attached hydrogens (tertiary/aromatic N) is 13. The van der Waals surface area contributed by atoms with Gasteiger partial charge in [-0.2, -0.15) is 42.1 Å². The summed E-state index contributed by atoms with van der Waals surface area (Å²) in [5, 5.41) is 74.3. The van der Waals surface area contributed by atoms with Crippen molar-refractivity contribution in [2.75, 3.05) is 76.9 Å². The van der Waals surface area contributed by atoms with E-state index in [1.54, 1.807) is 0 Å². The molecule has 14 nitrogen and oxygen atoms in total. The highest BCUT2D eigenvalue weighted by Crippen LogP contribution is 2.37. The lowest BCUT2D eigenvalue weighted by atomic mass is 10.1.